The topological polar surface area (TPSA) is 119 Å². The van der Waals surface area contributed by atoms with Crippen molar-refractivity contribution in [3.05, 3.63) is 29.8 Å². The second-order valence-electron chi connectivity index (χ2n) is 6.13. The number of ether oxygens (including phenoxy) is 1. The number of hydrogen-bond donors (Lipinski definition) is 2. The molecular weight excluding hydrogens is 394 g/mol. The Hall–Kier alpha value is -1.68. The maximum Gasteiger partial charge on any atom is 0.337 e. The van der Waals surface area contributed by atoms with Crippen molar-refractivity contribution in [2.75, 3.05) is 26.7 Å². The number of nitrogens with one attached hydrogen (secondary N) is 1. The van der Waals surface area contributed by atoms with Crippen LogP contribution in [0.1, 0.15) is 36.0 Å². The minimum atomic E-state index is -3.79. The molecule has 1 saturated heterocycles. The molecule has 2 rings (SSSR count). The Morgan fingerprint density at radius 1 is 1.33 bits per heavy atom. The molecule has 0 aliphatic carbocycles. The van der Waals surface area contributed by atoms with Gasteiger partial charge in [-0.25, -0.2) is 13.2 Å². The molecule has 27 heavy (non-hydrogen) atoms. The number of carbonyl (C=O) groups excluding carboxylic acids is 2. The number of benzene rings is 1. The van der Waals surface area contributed by atoms with E-state index in [2.05, 4.69) is 10.1 Å². The van der Waals surface area contributed by atoms with E-state index in [1.165, 1.54) is 35.7 Å². The van der Waals surface area contributed by atoms with Gasteiger partial charge in [0.2, 0.25) is 15.9 Å². The largest absolute Gasteiger partial charge is 0.465 e. The summed E-state index contributed by atoms with van der Waals surface area (Å²) in [6.45, 7) is 0.871. The minimum absolute atomic E-state index is 0. The van der Waals surface area contributed by atoms with Gasteiger partial charge in [-0.1, -0.05) is 12.5 Å². The van der Waals surface area contributed by atoms with Crippen LogP contribution in [0, 0.1) is 0 Å². The lowest BCUT2D eigenvalue weighted by Gasteiger charge is -2.34. The van der Waals surface area contributed by atoms with Crippen molar-refractivity contribution in [3.8, 4) is 0 Å². The number of nitrogens with zero attached hydrogens (tertiary/aromatic N) is 1. The molecule has 1 fully saturated rings. The average Bonchev–Trinajstić information content (AvgIpc) is 2.66. The summed E-state index contributed by atoms with van der Waals surface area (Å²) in [5, 5.41) is 2.75. The van der Waals surface area contributed by atoms with Gasteiger partial charge in [0, 0.05) is 32.1 Å². The van der Waals surface area contributed by atoms with E-state index in [-0.39, 0.29) is 54.3 Å². The number of carbonyl (C=O) groups is 2. The van der Waals surface area contributed by atoms with E-state index < -0.39 is 16.0 Å². The number of methoxy groups -OCH3 is 1. The van der Waals surface area contributed by atoms with E-state index in [9.17, 15) is 18.0 Å². The summed E-state index contributed by atoms with van der Waals surface area (Å²) in [7, 11) is -2.54. The monoisotopic (exact) mass is 419 g/mol. The number of hydrogen-bond acceptors (Lipinski definition) is 6. The highest BCUT2D eigenvalue weighted by Gasteiger charge is 2.34. The maximum absolute atomic E-state index is 13.1. The fourth-order valence-corrected chi connectivity index (χ4v) is 4.72. The molecule has 1 heterocycles. The van der Waals surface area contributed by atoms with Gasteiger partial charge < -0.3 is 15.8 Å². The molecule has 1 aliphatic rings. The van der Waals surface area contributed by atoms with E-state index in [4.69, 9.17) is 5.73 Å². The molecule has 1 aromatic rings. The molecule has 1 unspecified atom stereocenters. The summed E-state index contributed by atoms with van der Waals surface area (Å²) < 4.78 is 32.2. The molecule has 3 N–H and O–H groups in total. The zero-order valence-corrected chi connectivity index (χ0v) is 16.9. The van der Waals surface area contributed by atoms with Crippen LogP contribution in [-0.2, 0) is 19.6 Å². The molecule has 0 bridgehead atoms. The lowest BCUT2D eigenvalue weighted by atomic mass is 10.1. The first-order valence-corrected chi connectivity index (χ1v) is 10.0. The van der Waals surface area contributed by atoms with Crippen molar-refractivity contribution in [3.63, 3.8) is 0 Å². The average molecular weight is 420 g/mol. The third kappa shape index (κ3) is 5.90. The van der Waals surface area contributed by atoms with Crippen molar-refractivity contribution in [1.29, 1.82) is 0 Å². The van der Waals surface area contributed by atoms with Crippen molar-refractivity contribution >= 4 is 34.3 Å². The number of piperidine rings is 1. The first kappa shape index (κ1) is 23.4. The van der Waals surface area contributed by atoms with Gasteiger partial charge in [0.1, 0.15) is 0 Å². The highest BCUT2D eigenvalue weighted by Crippen LogP contribution is 2.25. The Kier molecular flexibility index (Phi) is 9.17. The van der Waals surface area contributed by atoms with Crippen LogP contribution in [-0.4, -0.2) is 57.4 Å². The molecule has 152 valence electrons. The molecule has 10 heteroatoms. The Morgan fingerprint density at radius 2 is 2.07 bits per heavy atom. The first-order valence-electron chi connectivity index (χ1n) is 8.57. The van der Waals surface area contributed by atoms with Crippen LogP contribution < -0.4 is 11.1 Å². The van der Waals surface area contributed by atoms with Crippen LogP contribution in [0.5, 0.6) is 0 Å². The lowest BCUT2D eigenvalue weighted by molar-refractivity contribution is -0.121. The van der Waals surface area contributed by atoms with Gasteiger partial charge >= 0.3 is 5.97 Å². The van der Waals surface area contributed by atoms with Gasteiger partial charge in [0.25, 0.3) is 0 Å². The number of halogens is 1. The molecule has 0 spiro atoms. The molecule has 1 aliphatic heterocycles. The summed E-state index contributed by atoms with van der Waals surface area (Å²) in [6, 6.07) is 5.48. The number of sulfonamides is 1. The number of esters is 1. The minimum Gasteiger partial charge on any atom is -0.465 e. The normalized spacial score (nSPS) is 17.6. The summed E-state index contributed by atoms with van der Waals surface area (Å²) in [5.41, 5.74) is 5.53. The third-order valence-corrected chi connectivity index (χ3v) is 6.29. The molecular formula is C17H26ClN3O5S. The number of nitrogens with two attached hydrogens (primary N) is 1. The second-order valence-corrected chi connectivity index (χ2v) is 8.02. The van der Waals surface area contributed by atoms with E-state index >= 15 is 0 Å². The van der Waals surface area contributed by atoms with E-state index in [0.29, 0.717) is 13.0 Å². The molecule has 0 saturated carbocycles. The molecule has 0 aromatic heterocycles. The quantitative estimate of drug-likeness (QED) is 0.634. The summed E-state index contributed by atoms with van der Waals surface area (Å²) in [5.74, 6) is -0.783. The van der Waals surface area contributed by atoms with Crippen LogP contribution in [0.3, 0.4) is 0 Å². The van der Waals surface area contributed by atoms with Gasteiger partial charge in [-0.05, 0) is 31.0 Å². The molecule has 1 atom stereocenters. The molecule has 1 aromatic carbocycles. The Balaban J connectivity index is 0.00000364. The molecule has 1 amide bonds. The number of rotatable bonds is 7. The van der Waals surface area contributed by atoms with Crippen molar-refractivity contribution in [2.24, 2.45) is 5.73 Å². The van der Waals surface area contributed by atoms with Gasteiger partial charge in [-0.15, -0.1) is 12.4 Å². The summed E-state index contributed by atoms with van der Waals surface area (Å²) in [4.78, 5) is 23.4. The number of amides is 1. The van der Waals surface area contributed by atoms with Crippen molar-refractivity contribution < 1.29 is 22.7 Å². The second kappa shape index (κ2) is 10.6. The van der Waals surface area contributed by atoms with E-state index in [0.717, 1.165) is 12.8 Å². The first-order chi connectivity index (χ1) is 12.4. The molecule has 8 nitrogen and oxygen atoms in total. The fraction of sp³-hybridized carbons (Fsp3) is 0.529. The SMILES string of the molecule is COC(=O)c1cccc(S(=O)(=O)N2CCCCC2CNC(=O)CCN)c1.Cl. The van der Waals surface area contributed by atoms with E-state index in [1.807, 2.05) is 0 Å². The Bertz CT molecular complexity index is 757. The summed E-state index contributed by atoms with van der Waals surface area (Å²) in [6.07, 6.45) is 2.52. The van der Waals surface area contributed by atoms with Crippen LogP contribution in [0.25, 0.3) is 0 Å². The molecule has 0 radical (unpaired) electrons. The van der Waals surface area contributed by atoms with Crippen LogP contribution in [0.2, 0.25) is 0 Å². The smallest absolute Gasteiger partial charge is 0.337 e. The van der Waals surface area contributed by atoms with Crippen LogP contribution >= 0.6 is 12.4 Å². The van der Waals surface area contributed by atoms with Gasteiger partial charge in [-0.2, -0.15) is 4.31 Å². The highest BCUT2D eigenvalue weighted by molar-refractivity contribution is 7.89. The van der Waals surface area contributed by atoms with Crippen molar-refractivity contribution in [2.45, 2.75) is 36.6 Å². The fourth-order valence-electron chi connectivity index (χ4n) is 2.98. The van der Waals surface area contributed by atoms with Crippen molar-refractivity contribution in [1.82, 2.24) is 9.62 Å². The Morgan fingerprint density at radius 3 is 2.74 bits per heavy atom. The summed E-state index contributed by atoms with van der Waals surface area (Å²) >= 11 is 0. The third-order valence-electron chi connectivity index (χ3n) is 4.34. The maximum atomic E-state index is 13.1. The van der Waals surface area contributed by atoms with Crippen LogP contribution in [0.15, 0.2) is 29.2 Å². The van der Waals surface area contributed by atoms with E-state index in [1.54, 1.807) is 0 Å². The lowest BCUT2D eigenvalue weighted by Crippen LogP contribution is -2.49. The predicted molar refractivity (Wildman–Crippen MR) is 103 cm³/mol. The zero-order chi connectivity index (χ0) is 19.2. The standard InChI is InChI=1S/C17H25N3O5S.ClH/c1-25-17(22)13-5-4-7-15(11-13)26(23,24)20-10-3-2-6-14(20)12-19-16(21)8-9-18;/h4-5,7,11,14H,2-3,6,8-10,12,18H2,1H3,(H,19,21);1H. The highest BCUT2D eigenvalue weighted by atomic mass is 35.5. The van der Waals surface area contributed by atoms with Gasteiger partial charge in [-0.3, -0.25) is 4.79 Å². The van der Waals surface area contributed by atoms with Gasteiger partial charge in [0.05, 0.1) is 17.6 Å². The Labute approximate surface area is 165 Å². The zero-order valence-electron chi connectivity index (χ0n) is 15.2. The van der Waals surface area contributed by atoms with Gasteiger partial charge in [0.15, 0.2) is 0 Å². The van der Waals surface area contributed by atoms with Crippen LogP contribution in [0.4, 0.5) is 0 Å². The predicted octanol–water partition coefficient (Wildman–Crippen LogP) is 0.903.